The summed E-state index contributed by atoms with van der Waals surface area (Å²) in [5.74, 6) is 1.85. The number of benzene rings is 7. The summed E-state index contributed by atoms with van der Waals surface area (Å²) in [5.41, 5.74) is 13.1. The summed E-state index contributed by atoms with van der Waals surface area (Å²) in [6.45, 7) is 0. The van der Waals surface area contributed by atoms with Gasteiger partial charge < -0.3 is 0 Å². The average Bonchev–Trinajstić information content (AvgIpc) is 3.34. The molecule has 10 aromatic rings. The van der Waals surface area contributed by atoms with Crippen LogP contribution in [0.5, 0.6) is 0 Å². The number of fused-ring (bicyclic) bond motifs is 5. The van der Waals surface area contributed by atoms with Crippen LogP contribution in [0.25, 0.3) is 106 Å². The zero-order valence-electron chi connectivity index (χ0n) is 32.6. The van der Waals surface area contributed by atoms with Gasteiger partial charge in [-0.3, -0.25) is 0 Å². The van der Waals surface area contributed by atoms with Gasteiger partial charge >= 0.3 is 0 Å². The lowest BCUT2D eigenvalue weighted by Crippen LogP contribution is -2.02. The Morgan fingerprint density at radius 3 is 1.43 bits per heavy atom. The van der Waals surface area contributed by atoms with Crippen LogP contribution in [0.2, 0.25) is 0 Å². The van der Waals surface area contributed by atoms with Crippen molar-refractivity contribution in [3.8, 4) is 67.8 Å². The molecule has 3 aromatic heterocycles. The lowest BCUT2D eigenvalue weighted by molar-refractivity contribution is 1.04. The third kappa shape index (κ3) is 6.41. The minimum atomic E-state index is 0.601. The van der Waals surface area contributed by atoms with Gasteiger partial charge in [0.15, 0.2) is 17.5 Å². The van der Waals surface area contributed by atoms with Crippen LogP contribution in [0, 0.1) is 0 Å². The Labute approximate surface area is 347 Å². The highest BCUT2D eigenvalue weighted by atomic mass is 15.0. The number of rotatable bonds is 7. The van der Waals surface area contributed by atoms with Crippen molar-refractivity contribution in [3.05, 3.63) is 200 Å². The maximum Gasteiger partial charge on any atom is 0.164 e. The van der Waals surface area contributed by atoms with Gasteiger partial charge in [-0.15, -0.1) is 0 Å². The summed E-state index contributed by atoms with van der Waals surface area (Å²) < 4.78 is 0. The molecule has 0 bridgehead atoms. The van der Waals surface area contributed by atoms with Crippen molar-refractivity contribution in [2.75, 3.05) is 0 Å². The first-order valence-electron chi connectivity index (χ1n) is 20.3. The van der Waals surface area contributed by atoms with Crippen LogP contribution < -0.4 is 0 Å². The Morgan fingerprint density at radius 2 is 0.850 bits per heavy atom. The number of para-hydroxylation sites is 1. The molecule has 0 unspecified atom stereocenters. The summed E-state index contributed by atoms with van der Waals surface area (Å²) in [6.07, 6.45) is 8.68. The number of hydrogen-bond donors (Lipinski definition) is 0. The predicted octanol–water partition coefficient (Wildman–Crippen LogP) is 13.3. The van der Waals surface area contributed by atoms with Crippen molar-refractivity contribution < 1.29 is 0 Å². The zero-order chi connectivity index (χ0) is 39.8. The SMILES string of the molecule is C1=CC(c2nc3c(nc2-c2ccccc2)c(-c2ccc(-c4nc(-c5ccccc5)nc(-c5ccccc5)n4)cc2)cc2c(-c4ccccc4)nc4ccccc4c23)=CCC1. The van der Waals surface area contributed by atoms with Gasteiger partial charge in [0.1, 0.15) is 0 Å². The van der Waals surface area contributed by atoms with Crippen LogP contribution in [0.1, 0.15) is 18.5 Å². The molecule has 7 aromatic carbocycles. The largest absolute Gasteiger partial charge is 0.247 e. The van der Waals surface area contributed by atoms with Gasteiger partial charge in [-0.1, -0.05) is 182 Å². The molecule has 0 fully saturated rings. The van der Waals surface area contributed by atoms with Crippen molar-refractivity contribution in [2.24, 2.45) is 0 Å². The summed E-state index contributed by atoms with van der Waals surface area (Å²) in [4.78, 5) is 31.5. The second kappa shape index (κ2) is 15.1. The smallest absolute Gasteiger partial charge is 0.164 e. The Hall–Kier alpha value is -7.96. The molecule has 0 amide bonds. The Balaban J connectivity index is 1.18. The van der Waals surface area contributed by atoms with E-state index < -0.39 is 0 Å². The van der Waals surface area contributed by atoms with E-state index in [1.165, 1.54) is 0 Å². The molecule has 60 heavy (non-hydrogen) atoms. The molecule has 1 aliphatic carbocycles. The van der Waals surface area contributed by atoms with Crippen LogP contribution in [0.4, 0.5) is 0 Å². The fraction of sp³-hybridized carbons (Fsp3) is 0.0370. The highest BCUT2D eigenvalue weighted by molar-refractivity contribution is 6.23. The van der Waals surface area contributed by atoms with Crippen LogP contribution in [-0.4, -0.2) is 29.9 Å². The van der Waals surface area contributed by atoms with Gasteiger partial charge in [-0.25, -0.2) is 29.9 Å². The van der Waals surface area contributed by atoms with E-state index >= 15 is 0 Å². The second-order valence-corrected chi connectivity index (χ2v) is 14.9. The van der Waals surface area contributed by atoms with E-state index in [0.717, 1.165) is 107 Å². The molecule has 6 heteroatoms. The number of pyridine rings is 1. The summed E-state index contributed by atoms with van der Waals surface area (Å²) in [5, 5.41) is 3.10. The van der Waals surface area contributed by atoms with Gasteiger partial charge in [0, 0.05) is 49.5 Å². The molecule has 0 N–H and O–H groups in total. The normalized spacial score (nSPS) is 12.6. The van der Waals surface area contributed by atoms with E-state index in [4.69, 9.17) is 29.9 Å². The lowest BCUT2D eigenvalue weighted by Gasteiger charge is -2.18. The van der Waals surface area contributed by atoms with Gasteiger partial charge in [0.2, 0.25) is 0 Å². The monoisotopic (exact) mass is 768 g/mol. The van der Waals surface area contributed by atoms with E-state index in [2.05, 4.69) is 121 Å². The number of allylic oxidation sites excluding steroid dienone is 4. The molecule has 6 nitrogen and oxygen atoms in total. The summed E-state index contributed by atoms with van der Waals surface area (Å²) in [6, 6.07) is 60.1. The van der Waals surface area contributed by atoms with Gasteiger partial charge in [-0.2, -0.15) is 0 Å². The lowest BCUT2D eigenvalue weighted by atomic mass is 9.92. The molecule has 3 heterocycles. The third-order valence-electron chi connectivity index (χ3n) is 11.1. The molecule has 0 aliphatic heterocycles. The van der Waals surface area contributed by atoms with Gasteiger partial charge in [0.05, 0.1) is 33.6 Å². The molecule has 0 saturated carbocycles. The maximum atomic E-state index is 5.68. The molecule has 0 saturated heterocycles. The Morgan fingerprint density at radius 1 is 0.350 bits per heavy atom. The van der Waals surface area contributed by atoms with E-state index in [9.17, 15) is 0 Å². The average molecular weight is 769 g/mol. The number of nitrogens with zero attached hydrogens (tertiary/aromatic N) is 6. The van der Waals surface area contributed by atoms with Crippen LogP contribution in [-0.2, 0) is 0 Å². The fourth-order valence-electron chi connectivity index (χ4n) is 8.19. The van der Waals surface area contributed by atoms with Crippen molar-refractivity contribution in [3.63, 3.8) is 0 Å². The Kier molecular flexibility index (Phi) is 8.86. The molecule has 0 atom stereocenters. The van der Waals surface area contributed by atoms with E-state index in [-0.39, 0.29) is 0 Å². The van der Waals surface area contributed by atoms with E-state index in [1.807, 2.05) is 72.8 Å². The van der Waals surface area contributed by atoms with Crippen molar-refractivity contribution in [2.45, 2.75) is 12.8 Å². The first kappa shape index (κ1) is 35.2. The van der Waals surface area contributed by atoms with Crippen molar-refractivity contribution >= 4 is 38.3 Å². The minimum absolute atomic E-state index is 0.601. The van der Waals surface area contributed by atoms with Crippen molar-refractivity contribution in [1.29, 1.82) is 0 Å². The number of aromatic nitrogens is 6. The standard InChI is InChI=1S/C54H36N6/c1-6-18-36(19-7-1)47-44-34-43(35-30-32-41(33-31-35)54-59-52(39-24-12-4-13-25-39)58-53(60-54)40-26-14-5-15-27-40)50-51(46(44)42-28-16-17-29-45(42)55-47)57-49(38-22-10-3-11-23-38)48(56-50)37-20-8-2-9-21-37/h1-2,4-10,12-34H,3,11H2. The second-order valence-electron chi connectivity index (χ2n) is 14.9. The first-order valence-corrected chi connectivity index (χ1v) is 20.3. The minimum Gasteiger partial charge on any atom is -0.247 e. The Bertz CT molecular complexity index is 3220. The third-order valence-corrected chi connectivity index (χ3v) is 11.1. The molecular weight excluding hydrogens is 733 g/mol. The highest BCUT2D eigenvalue weighted by Crippen LogP contribution is 2.43. The first-order chi connectivity index (χ1) is 29.7. The molecule has 11 rings (SSSR count). The molecule has 0 spiro atoms. The van der Waals surface area contributed by atoms with Crippen LogP contribution in [0.3, 0.4) is 0 Å². The van der Waals surface area contributed by atoms with Gasteiger partial charge in [-0.05, 0) is 36.1 Å². The molecule has 0 radical (unpaired) electrons. The molecule has 1 aliphatic rings. The number of hydrogen-bond acceptors (Lipinski definition) is 6. The van der Waals surface area contributed by atoms with Crippen LogP contribution in [0.15, 0.2) is 194 Å². The molecular formula is C54H36N6. The summed E-state index contributed by atoms with van der Waals surface area (Å²) >= 11 is 0. The fourth-order valence-corrected chi connectivity index (χ4v) is 8.19. The van der Waals surface area contributed by atoms with E-state index in [0.29, 0.717) is 17.5 Å². The molecule has 282 valence electrons. The summed E-state index contributed by atoms with van der Waals surface area (Å²) in [7, 11) is 0. The highest BCUT2D eigenvalue weighted by Gasteiger charge is 2.23. The van der Waals surface area contributed by atoms with Crippen LogP contribution >= 0.6 is 0 Å². The zero-order valence-corrected chi connectivity index (χ0v) is 32.6. The van der Waals surface area contributed by atoms with Crippen molar-refractivity contribution in [1.82, 2.24) is 29.9 Å². The predicted molar refractivity (Wildman–Crippen MR) is 245 cm³/mol. The van der Waals surface area contributed by atoms with Gasteiger partial charge in [0.25, 0.3) is 0 Å². The quantitative estimate of drug-likeness (QED) is 0.150. The topological polar surface area (TPSA) is 77.3 Å². The maximum absolute atomic E-state index is 5.68. The van der Waals surface area contributed by atoms with E-state index in [1.54, 1.807) is 0 Å².